The second-order valence-electron chi connectivity index (χ2n) is 6.51. The van der Waals surface area contributed by atoms with Gasteiger partial charge in [0.15, 0.2) is 5.78 Å². The highest BCUT2D eigenvalue weighted by molar-refractivity contribution is 9.13. The number of ketones is 1. The molecular weight excluding hydrogens is 388 g/mol. The van der Waals surface area contributed by atoms with Gasteiger partial charge >= 0.3 is 0 Å². The van der Waals surface area contributed by atoms with E-state index in [2.05, 4.69) is 52.6 Å². The van der Waals surface area contributed by atoms with E-state index in [0.29, 0.717) is 11.2 Å². The number of hydrogen-bond donors (Lipinski definition) is 0. The fraction of sp³-hybridized carbons (Fsp3) is 0.667. The molecule has 0 radical (unpaired) electrons. The average Bonchev–Trinajstić information content (AvgIpc) is 2.68. The SMILES string of the molecule is CC(C)(C)C1CCC(C(=O)c2scc(Br)c2Br)CC1. The zero-order chi connectivity index (χ0) is 14.2. The summed E-state index contributed by atoms with van der Waals surface area (Å²) in [6.45, 7) is 6.94. The Morgan fingerprint density at radius 1 is 1.21 bits per heavy atom. The van der Waals surface area contributed by atoms with E-state index in [-0.39, 0.29) is 5.92 Å². The first-order valence-corrected chi connectivity index (χ1v) is 9.24. The molecule has 19 heavy (non-hydrogen) atoms. The van der Waals surface area contributed by atoms with Gasteiger partial charge in [0.2, 0.25) is 0 Å². The Kier molecular flexibility index (Phi) is 4.95. The molecule has 1 aromatic rings. The van der Waals surface area contributed by atoms with Gasteiger partial charge in [-0.25, -0.2) is 0 Å². The van der Waals surface area contributed by atoms with Crippen LogP contribution in [0.2, 0.25) is 0 Å². The van der Waals surface area contributed by atoms with Crippen LogP contribution >= 0.6 is 43.2 Å². The van der Waals surface area contributed by atoms with Crippen LogP contribution in [0.3, 0.4) is 0 Å². The lowest BCUT2D eigenvalue weighted by molar-refractivity contribution is 0.0823. The molecule has 0 spiro atoms. The molecule has 1 aliphatic carbocycles. The van der Waals surface area contributed by atoms with Crippen molar-refractivity contribution < 1.29 is 4.79 Å². The van der Waals surface area contributed by atoms with Gasteiger partial charge in [-0.3, -0.25) is 4.79 Å². The standard InChI is InChI=1S/C15H20Br2OS/c1-15(2,3)10-6-4-9(5-7-10)13(18)14-12(17)11(16)8-19-14/h8-10H,4-7H2,1-3H3. The summed E-state index contributed by atoms with van der Waals surface area (Å²) in [4.78, 5) is 13.4. The van der Waals surface area contributed by atoms with Gasteiger partial charge in [0.05, 0.1) is 9.35 Å². The van der Waals surface area contributed by atoms with Crippen molar-refractivity contribution in [3.63, 3.8) is 0 Å². The lowest BCUT2D eigenvalue weighted by Gasteiger charge is -2.36. The molecule has 1 fully saturated rings. The Morgan fingerprint density at radius 3 is 2.21 bits per heavy atom. The van der Waals surface area contributed by atoms with Crippen molar-refractivity contribution in [2.24, 2.45) is 17.3 Å². The molecule has 4 heteroatoms. The molecule has 0 atom stereocenters. The molecule has 106 valence electrons. The molecular formula is C15H20Br2OS. The van der Waals surface area contributed by atoms with Gasteiger partial charge < -0.3 is 0 Å². The maximum atomic E-state index is 12.5. The largest absolute Gasteiger partial charge is 0.293 e. The Labute approximate surface area is 136 Å². The minimum Gasteiger partial charge on any atom is -0.293 e. The van der Waals surface area contributed by atoms with Crippen LogP contribution in [0.15, 0.2) is 14.3 Å². The van der Waals surface area contributed by atoms with E-state index in [4.69, 9.17) is 0 Å². The molecule has 0 unspecified atom stereocenters. The Balaban J connectivity index is 2.02. The zero-order valence-corrected chi connectivity index (χ0v) is 15.6. The fourth-order valence-corrected chi connectivity index (χ4v) is 5.08. The van der Waals surface area contributed by atoms with E-state index < -0.39 is 0 Å². The summed E-state index contributed by atoms with van der Waals surface area (Å²) in [5, 5.41) is 1.98. The third-order valence-corrected chi connectivity index (χ3v) is 7.78. The summed E-state index contributed by atoms with van der Waals surface area (Å²) >= 11 is 8.50. The van der Waals surface area contributed by atoms with Crippen molar-refractivity contribution in [2.75, 3.05) is 0 Å². The predicted molar refractivity (Wildman–Crippen MR) is 89.0 cm³/mol. The van der Waals surface area contributed by atoms with Gasteiger partial charge in [0.25, 0.3) is 0 Å². The van der Waals surface area contributed by atoms with Crippen molar-refractivity contribution >= 4 is 49.0 Å². The van der Waals surface area contributed by atoms with Crippen LogP contribution in [0, 0.1) is 17.3 Å². The summed E-state index contributed by atoms with van der Waals surface area (Å²) in [5.74, 6) is 1.31. The summed E-state index contributed by atoms with van der Waals surface area (Å²) in [5.41, 5.74) is 0.376. The molecule has 0 aliphatic heterocycles. The third kappa shape index (κ3) is 3.51. The van der Waals surface area contributed by atoms with E-state index in [0.717, 1.165) is 32.6 Å². The van der Waals surface area contributed by atoms with Crippen LogP contribution in [0.25, 0.3) is 0 Å². The van der Waals surface area contributed by atoms with Crippen LogP contribution in [0.5, 0.6) is 0 Å². The van der Waals surface area contributed by atoms with Crippen LogP contribution < -0.4 is 0 Å². The van der Waals surface area contributed by atoms with Crippen molar-refractivity contribution in [3.05, 3.63) is 19.2 Å². The summed E-state index contributed by atoms with van der Waals surface area (Å²) < 4.78 is 1.92. The minimum absolute atomic E-state index is 0.223. The van der Waals surface area contributed by atoms with E-state index >= 15 is 0 Å². The Morgan fingerprint density at radius 2 is 1.79 bits per heavy atom. The summed E-state index contributed by atoms with van der Waals surface area (Å²) in [6, 6.07) is 0. The third-order valence-electron chi connectivity index (χ3n) is 4.24. The number of thiophene rings is 1. The number of carbonyl (C=O) groups is 1. The molecule has 1 heterocycles. The molecule has 0 saturated heterocycles. The first-order chi connectivity index (χ1) is 8.80. The lowest BCUT2D eigenvalue weighted by Crippen LogP contribution is -2.28. The highest BCUT2D eigenvalue weighted by Gasteiger charge is 2.33. The van der Waals surface area contributed by atoms with Crippen LogP contribution in [-0.4, -0.2) is 5.78 Å². The maximum Gasteiger partial charge on any atom is 0.177 e. The molecule has 0 aromatic carbocycles. The van der Waals surface area contributed by atoms with Crippen LogP contribution in [0.1, 0.15) is 56.1 Å². The van der Waals surface area contributed by atoms with Gasteiger partial charge in [0, 0.05) is 15.8 Å². The highest BCUT2D eigenvalue weighted by Crippen LogP contribution is 2.42. The normalized spacial score (nSPS) is 24.5. The van der Waals surface area contributed by atoms with Crippen molar-refractivity contribution in [2.45, 2.75) is 46.5 Å². The van der Waals surface area contributed by atoms with Crippen molar-refractivity contribution in [1.82, 2.24) is 0 Å². The quantitative estimate of drug-likeness (QED) is 0.525. The summed E-state index contributed by atoms with van der Waals surface area (Å²) in [7, 11) is 0. The van der Waals surface area contributed by atoms with Gasteiger partial charge in [-0.15, -0.1) is 11.3 Å². The van der Waals surface area contributed by atoms with E-state index in [9.17, 15) is 4.79 Å². The average molecular weight is 408 g/mol. The fourth-order valence-electron chi connectivity index (χ4n) is 2.90. The molecule has 1 aromatic heterocycles. The first-order valence-electron chi connectivity index (χ1n) is 6.77. The minimum atomic E-state index is 0.223. The number of hydrogen-bond acceptors (Lipinski definition) is 2. The lowest BCUT2D eigenvalue weighted by atomic mass is 9.69. The van der Waals surface area contributed by atoms with Crippen molar-refractivity contribution in [1.29, 1.82) is 0 Å². The highest BCUT2D eigenvalue weighted by atomic mass is 79.9. The Hall–Kier alpha value is 0.330. The topological polar surface area (TPSA) is 17.1 Å². The number of carbonyl (C=O) groups excluding carboxylic acids is 1. The van der Waals surface area contributed by atoms with Gasteiger partial charge in [-0.05, 0) is 68.9 Å². The monoisotopic (exact) mass is 406 g/mol. The molecule has 0 amide bonds. The van der Waals surface area contributed by atoms with Crippen molar-refractivity contribution in [3.8, 4) is 0 Å². The van der Waals surface area contributed by atoms with E-state index in [1.807, 2.05) is 5.38 Å². The van der Waals surface area contributed by atoms with Gasteiger partial charge in [0.1, 0.15) is 0 Å². The van der Waals surface area contributed by atoms with Gasteiger partial charge in [-0.1, -0.05) is 20.8 Å². The molecule has 1 aliphatic rings. The van der Waals surface area contributed by atoms with Crippen LogP contribution in [-0.2, 0) is 0 Å². The second kappa shape index (κ2) is 5.98. The number of Topliss-reactive ketones (excluding diaryl/α,β-unsaturated/α-hetero) is 1. The smallest absolute Gasteiger partial charge is 0.177 e. The summed E-state index contributed by atoms with van der Waals surface area (Å²) in [6.07, 6.45) is 4.46. The zero-order valence-electron chi connectivity index (χ0n) is 11.6. The van der Waals surface area contributed by atoms with E-state index in [1.165, 1.54) is 12.8 Å². The maximum absolute atomic E-state index is 12.5. The second-order valence-corrected chi connectivity index (χ2v) is 9.03. The first kappa shape index (κ1) is 15.7. The van der Waals surface area contributed by atoms with Crippen LogP contribution in [0.4, 0.5) is 0 Å². The number of rotatable bonds is 2. The Bertz CT molecular complexity index is 465. The van der Waals surface area contributed by atoms with Gasteiger partial charge in [-0.2, -0.15) is 0 Å². The molecule has 1 saturated carbocycles. The molecule has 0 bridgehead atoms. The molecule has 2 rings (SSSR count). The molecule has 1 nitrogen and oxygen atoms in total. The predicted octanol–water partition coefficient (Wildman–Crippen LogP) is 6.31. The number of halogens is 2. The molecule has 0 N–H and O–H groups in total. The van der Waals surface area contributed by atoms with E-state index in [1.54, 1.807) is 11.3 Å².